The molecular weight excluding hydrogens is 321 g/mol. The van der Waals surface area contributed by atoms with Crippen LogP contribution >= 0.6 is 0 Å². The lowest BCUT2D eigenvalue weighted by molar-refractivity contribution is -0.255. The van der Waals surface area contributed by atoms with Crippen LogP contribution in [-0.2, 0) is 0 Å². The van der Waals surface area contributed by atoms with Crippen molar-refractivity contribution in [3.05, 3.63) is 59.4 Å². The second-order valence-corrected chi connectivity index (χ2v) is 6.03. The number of nitrogens with zero attached hydrogens (tertiary/aromatic N) is 2. The van der Waals surface area contributed by atoms with Gasteiger partial charge in [-0.25, -0.2) is 4.39 Å². The van der Waals surface area contributed by atoms with Crippen LogP contribution in [0.25, 0.3) is 0 Å². The van der Waals surface area contributed by atoms with Crippen molar-refractivity contribution >= 4 is 23.1 Å². The molecule has 0 amide bonds. The summed E-state index contributed by atoms with van der Waals surface area (Å²) in [7, 11) is 0. The highest BCUT2D eigenvalue weighted by molar-refractivity contribution is 5.99. The van der Waals surface area contributed by atoms with Gasteiger partial charge in [0.1, 0.15) is 5.82 Å². The minimum Gasteiger partial charge on any atom is -0.545 e. The van der Waals surface area contributed by atoms with Crippen molar-refractivity contribution in [2.45, 2.75) is 19.8 Å². The molecule has 3 rings (SSSR count). The van der Waals surface area contributed by atoms with E-state index < -0.39 is 5.97 Å². The molecule has 1 aliphatic heterocycles. The SMILES string of the molecule is C/C(=N/Nc1ccc(C(=O)[O-])cc1)c1ccc(N2CCCC2)c(F)c1. The van der Waals surface area contributed by atoms with Gasteiger partial charge in [-0.1, -0.05) is 18.2 Å². The molecule has 1 saturated heterocycles. The molecule has 25 heavy (non-hydrogen) atoms. The summed E-state index contributed by atoms with van der Waals surface area (Å²) in [5.74, 6) is -1.47. The molecule has 0 radical (unpaired) electrons. The van der Waals surface area contributed by atoms with Crippen LogP contribution in [0.4, 0.5) is 15.8 Å². The number of carbonyl (C=O) groups excluding carboxylic acids is 1. The Balaban J connectivity index is 1.71. The zero-order valence-electron chi connectivity index (χ0n) is 14.0. The predicted octanol–water partition coefficient (Wildman–Crippen LogP) is 2.63. The molecule has 2 aromatic rings. The smallest absolute Gasteiger partial charge is 0.147 e. The molecule has 1 fully saturated rings. The fourth-order valence-corrected chi connectivity index (χ4v) is 2.84. The zero-order chi connectivity index (χ0) is 17.8. The van der Waals surface area contributed by atoms with E-state index in [-0.39, 0.29) is 11.4 Å². The number of hydrogen-bond acceptors (Lipinski definition) is 5. The lowest BCUT2D eigenvalue weighted by Crippen LogP contribution is -2.21. The van der Waals surface area contributed by atoms with E-state index in [1.165, 1.54) is 18.2 Å². The van der Waals surface area contributed by atoms with Crippen LogP contribution in [0.5, 0.6) is 0 Å². The third-order valence-corrected chi connectivity index (χ3v) is 4.29. The number of carbonyl (C=O) groups is 1. The Hall–Kier alpha value is -2.89. The Morgan fingerprint density at radius 3 is 2.36 bits per heavy atom. The number of nitrogens with one attached hydrogen (secondary N) is 1. The van der Waals surface area contributed by atoms with Gasteiger partial charge in [-0.3, -0.25) is 5.43 Å². The standard InChI is InChI=1S/C19H20FN3O2/c1-13(21-22-16-7-4-14(5-8-16)19(24)25)15-6-9-18(17(20)12-15)23-10-2-3-11-23/h4-9,12,22H,2-3,10-11H2,1H3,(H,24,25)/p-1/b21-13-. The first-order valence-electron chi connectivity index (χ1n) is 8.21. The van der Waals surface area contributed by atoms with Crippen LogP contribution in [-0.4, -0.2) is 24.8 Å². The molecule has 0 aliphatic carbocycles. The highest BCUT2D eigenvalue weighted by Gasteiger charge is 2.16. The summed E-state index contributed by atoms with van der Waals surface area (Å²) in [6, 6.07) is 11.2. The summed E-state index contributed by atoms with van der Waals surface area (Å²) in [5.41, 5.74) is 5.55. The third kappa shape index (κ3) is 3.96. The van der Waals surface area contributed by atoms with E-state index in [0.29, 0.717) is 22.6 Å². The fourth-order valence-electron chi connectivity index (χ4n) is 2.84. The molecule has 1 heterocycles. The predicted molar refractivity (Wildman–Crippen MR) is 94.5 cm³/mol. The van der Waals surface area contributed by atoms with E-state index in [1.807, 2.05) is 6.07 Å². The first-order chi connectivity index (χ1) is 12.0. The summed E-state index contributed by atoms with van der Waals surface area (Å²) >= 11 is 0. The average molecular weight is 340 g/mol. The van der Waals surface area contributed by atoms with Crippen LogP contribution in [0.1, 0.15) is 35.7 Å². The van der Waals surface area contributed by atoms with Crippen LogP contribution in [0, 0.1) is 5.82 Å². The maximum absolute atomic E-state index is 14.4. The van der Waals surface area contributed by atoms with Gasteiger partial charge in [-0.15, -0.1) is 0 Å². The number of carboxylic acid groups (broad SMARTS) is 1. The van der Waals surface area contributed by atoms with Crippen molar-refractivity contribution in [3.63, 3.8) is 0 Å². The van der Waals surface area contributed by atoms with Crippen molar-refractivity contribution in [2.75, 3.05) is 23.4 Å². The maximum atomic E-state index is 14.4. The highest BCUT2D eigenvalue weighted by atomic mass is 19.1. The molecule has 130 valence electrons. The first kappa shape index (κ1) is 17.0. The summed E-state index contributed by atoms with van der Waals surface area (Å²) < 4.78 is 14.4. The Morgan fingerprint density at radius 1 is 1.12 bits per heavy atom. The normalized spacial score (nSPS) is 14.6. The topological polar surface area (TPSA) is 67.8 Å². The van der Waals surface area contributed by atoms with Gasteiger partial charge in [-0.2, -0.15) is 5.10 Å². The Bertz CT molecular complexity index is 797. The number of carboxylic acids is 1. The number of benzene rings is 2. The van der Waals surface area contributed by atoms with Crippen molar-refractivity contribution in [1.82, 2.24) is 0 Å². The van der Waals surface area contributed by atoms with Crippen molar-refractivity contribution in [3.8, 4) is 0 Å². The maximum Gasteiger partial charge on any atom is 0.147 e. The van der Waals surface area contributed by atoms with Gasteiger partial charge in [0.2, 0.25) is 0 Å². The molecule has 0 saturated carbocycles. The largest absolute Gasteiger partial charge is 0.545 e. The van der Waals surface area contributed by atoms with Crippen molar-refractivity contribution < 1.29 is 14.3 Å². The second-order valence-electron chi connectivity index (χ2n) is 6.03. The molecule has 0 aromatic heterocycles. The van der Waals surface area contributed by atoms with Gasteiger partial charge in [0, 0.05) is 18.7 Å². The van der Waals surface area contributed by atoms with Crippen molar-refractivity contribution in [1.29, 1.82) is 0 Å². The monoisotopic (exact) mass is 340 g/mol. The minimum atomic E-state index is -1.22. The number of anilines is 2. The van der Waals surface area contributed by atoms with Gasteiger partial charge >= 0.3 is 0 Å². The Labute approximate surface area is 145 Å². The van der Waals surface area contributed by atoms with Crippen LogP contribution < -0.4 is 15.4 Å². The minimum absolute atomic E-state index is 0.103. The van der Waals surface area contributed by atoms with Gasteiger partial charge in [-0.05, 0) is 49.6 Å². The average Bonchev–Trinajstić information content (AvgIpc) is 3.14. The molecule has 1 aliphatic rings. The molecular formula is C19H19FN3O2-. The highest BCUT2D eigenvalue weighted by Crippen LogP contribution is 2.24. The molecule has 0 unspecified atom stereocenters. The Kier molecular flexibility index (Phi) is 4.97. The molecule has 0 spiro atoms. The lowest BCUT2D eigenvalue weighted by Gasteiger charge is -2.18. The first-order valence-corrected chi connectivity index (χ1v) is 8.21. The molecule has 0 bridgehead atoms. The third-order valence-electron chi connectivity index (χ3n) is 4.29. The van der Waals surface area contributed by atoms with E-state index in [9.17, 15) is 14.3 Å². The molecule has 1 N–H and O–H groups in total. The summed E-state index contributed by atoms with van der Waals surface area (Å²) in [6.45, 7) is 3.58. The van der Waals surface area contributed by atoms with Crippen LogP contribution in [0.2, 0.25) is 0 Å². The molecule has 6 heteroatoms. The van der Waals surface area contributed by atoms with Gasteiger partial charge in [0.25, 0.3) is 0 Å². The van der Waals surface area contributed by atoms with E-state index >= 15 is 0 Å². The second kappa shape index (κ2) is 7.34. The van der Waals surface area contributed by atoms with Gasteiger partial charge < -0.3 is 14.8 Å². The summed E-state index contributed by atoms with van der Waals surface area (Å²) in [5, 5.41) is 15.0. The van der Waals surface area contributed by atoms with Crippen LogP contribution in [0.3, 0.4) is 0 Å². The van der Waals surface area contributed by atoms with E-state index in [1.54, 1.807) is 25.1 Å². The van der Waals surface area contributed by atoms with Gasteiger partial charge in [0.15, 0.2) is 0 Å². The van der Waals surface area contributed by atoms with Crippen LogP contribution in [0.15, 0.2) is 47.6 Å². The molecule has 2 aromatic carbocycles. The zero-order valence-corrected chi connectivity index (χ0v) is 14.0. The number of rotatable bonds is 5. The lowest BCUT2D eigenvalue weighted by atomic mass is 10.1. The quantitative estimate of drug-likeness (QED) is 0.671. The number of halogens is 1. The van der Waals surface area contributed by atoms with Gasteiger partial charge in [0.05, 0.1) is 23.1 Å². The number of aromatic carboxylic acids is 1. The molecule has 5 nitrogen and oxygen atoms in total. The summed E-state index contributed by atoms with van der Waals surface area (Å²) in [6.07, 6.45) is 2.20. The molecule has 0 atom stereocenters. The fraction of sp³-hybridized carbons (Fsp3) is 0.263. The Morgan fingerprint density at radius 2 is 1.76 bits per heavy atom. The number of hydrazone groups is 1. The van der Waals surface area contributed by atoms with E-state index in [2.05, 4.69) is 15.4 Å². The van der Waals surface area contributed by atoms with Crippen molar-refractivity contribution in [2.24, 2.45) is 5.10 Å². The summed E-state index contributed by atoms with van der Waals surface area (Å²) in [4.78, 5) is 12.8. The number of hydrogen-bond donors (Lipinski definition) is 1. The van der Waals surface area contributed by atoms with E-state index in [0.717, 1.165) is 25.9 Å². The van der Waals surface area contributed by atoms with E-state index in [4.69, 9.17) is 0 Å².